The zero-order valence-electron chi connectivity index (χ0n) is 16.7. The lowest BCUT2D eigenvalue weighted by Gasteiger charge is -2.26. The summed E-state index contributed by atoms with van der Waals surface area (Å²) in [5, 5.41) is 1.52. The number of hydrogen-bond acceptors (Lipinski definition) is 6. The summed E-state index contributed by atoms with van der Waals surface area (Å²) in [7, 11) is -3.49. The fourth-order valence-corrected chi connectivity index (χ4v) is 5.54. The maximum atomic E-state index is 12.7. The highest BCUT2D eigenvalue weighted by molar-refractivity contribution is 7.99. The first-order valence-electron chi connectivity index (χ1n) is 9.77. The van der Waals surface area contributed by atoms with Gasteiger partial charge in [-0.25, -0.2) is 13.4 Å². The van der Waals surface area contributed by atoms with Gasteiger partial charge in [-0.1, -0.05) is 29.4 Å². The summed E-state index contributed by atoms with van der Waals surface area (Å²) in [6.45, 7) is 2.06. The third-order valence-electron chi connectivity index (χ3n) is 4.71. The van der Waals surface area contributed by atoms with E-state index >= 15 is 0 Å². The molecule has 1 fully saturated rings. The maximum Gasteiger partial charge on any atom is 0.243 e. The van der Waals surface area contributed by atoms with Crippen LogP contribution < -0.4 is 4.74 Å². The van der Waals surface area contributed by atoms with Crippen LogP contribution in [0.15, 0.2) is 71.0 Å². The van der Waals surface area contributed by atoms with Crippen molar-refractivity contribution >= 4 is 33.4 Å². The normalized spacial score (nSPS) is 15.1. The van der Waals surface area contributed by atoms with E-state index in [1.807, 2.05) is 35.0 Å². The molecule has 0 saturated carbocycles. The van der Waals surface area contributed by atoms with E-state index in [-0.39, 0.29) is 4.90 Å². The Kier molecular flexibility index (Phi) is 7.19. The third-order valence-corrected chi connectivity index (χ3v) is 7.79. The average molecular weight is 480 g/mol. The molecule has 164 valence electrons. The molecule has 0 radical (unpaired) electrons. The summed E-state index contributed by atoms with van der Waals surface area (Å²) < 4.78 is 39.8. The zero-order valence-corrected chi connectivity index (χ0v) is 19.1. The number of imidazole rings is 1. The number of hydrogen-bond donors (Lipinski definition) is 0. The highest BCUT2D eigenvalue weighted by Crippen LogP contribution is 2.24. The number of aromatic nitrogens is 2. The number of benzene rings is 2. The molecule has 31 heavy (non-hydrogen) atoms. The number of halogens is 1. The van der Waals surface area contributed by atoms with Crippen molar-refractivity contribution in [3.8, 4) is 11.4 Å². The van der Waals surface area contributed by atoms with Crippen LogP contribution in [-0.4, -0.2) is 60.9 Å². The van der Waals surface area contributed by atoms with Crippen LogP contribution in [0.1, 0.15) is 0 Å². The molecule has 2 heterocycles. The summed E-state index contributed by atoms with van der Waals surface area (Å²) in [6.07, 6.45) is 3.64. The van der Waals surface area contributed by atoms with Crippen LogP contribution in [0.4, 0.5) is 0 Å². The molecule has 10 heteroatoms. The largest absolute Gasteiger partial charge is 0.493 e. The van der Waals surface area contributed by atoms with Gasteiger partial charge in [0.1, 0.15) is 5.75 Å². The van der Waals surface area contributed by atoms with Crippen molar-refractivity contribution in [3.05, 3.63) is 65.9 Å². The Morgan fingerprint density at radius 3 is 2.65 bits per heavy atom. The van der Waals surface area contributed by atoms with Crippen LogP contribution in [0.3, 0.4) is 0 Å². The Balaban J connectivity index is 1.31. The van der Waals surface area contributed by atoms with Gasteiger partial charge in [0.15, 0.2) is 5.16 Å². The van der Waals surface area contributed by atoms with Gasteiger partial charge in [-0.15, -0.1) is 0 Å². The molecule has 0 unspecified atom stereocenters. The van der Waals surface area contributed by atoms with Gasteiger partial charge in [-0.3, -0.25) is 4.57 Å². The van der Waals surface area contributed by atoms with E-state index in [2.05, 4.69) is 4.98 Å². The standard InChI is InChI=1S/C21H22ClN3O4S2/c22-17-2-1-3-18(16-17)25-9-8-23-21(25)30-15-14-29-19-4-6-20(7-5-19)31(26,27)24-10-12-28-13-11-24/h1-9,16H,10-15H2. The number of nitrogens with zero attached hydrogens (tertiary/aromatic N) is 3. The minimum absolute atomic E-state index is 0.264. The Morgan fingerprint density at radius 2 is 1.90 bits per heavy atom. The molecule has 0 spiro atoms. The van der Waals surface area contributed by atoms with Crippen molar-refractivity contribution in [2.75, 3.05) is 38.7 Å². The molecule has 1 aliphatic heterocycles. The quantitative estimate of drug-likeness (QED) is 0.362. The zero-order chi connectivity index (χ0) is 21.7. The van der Waals surface area contributed by atoms with Gasteiger partial charge >= 0.3 is 0 Å². The van der Waals surface area contributed by atoms with Crippen molar-refractivity contribution in [2.45, 2.75) is 10.1 Å². The second kappa shape index (κ2) is 10.1. The molecule has 0 aliphatic carbocycles. The van der Waals surface area contributed by atoms with Gasteiger partial charge < -0.3 is 9.47 Å². The predicted molar refractivity (Wildman–Crippen MR) is 121 cm³/mol. The minimum atomic E-state index is -3.49. The molecule has 1 aromatic heterocycles. The lowest BCUT2D eigenvalue weighted by atomic mass is 10.3. The number of sulfonamides is 1. The number of morpholine rings is 1. The fraction of sp³-hybridized carbons (Fsp3) is 0.286. The Labute approximate surface area is 191 Å². The smallest absolute Gasteiger partial charge is 0.243 e. The van der Waals surface area contributed by atoms with E-state index < -0.39 is 10.0 Å². The molecule has 0 N–H and O–H groups in total. The van der Waals surface area contributed by atoms with E-state index in [0.29, 0.717) is 49.4 Å². The van der Waals surface area contributed by atoms with Crippen molar-refractivity contribution in [3.63, 3.8) is 0 Å². The summed E-state index contributed by atoms with van der Waals surface area (Å²) in [5.41, 5.74) is 0.950. The van der Waals surface area contributed by atoms with Gasteiger partial charge in [-0.05, 0) is 42.5 Å². The predicted octanol–water partition coefficient (Wildman–Crippen LogP) is 3.72. The Bertz CT molecular complexity index is 1110. The minimum Gasteiger partial charge on any atom is -0.493 e. The first-order valence-corrected chi connectivity index (χ1v) is 12.6. The van der Waals surface area contributed by atoms with Crippen molar-refractivity contribution in [2.24, 2.45) is 0 Å². The Hall–Kier alpha value is -2.04. The van der Waals surface area contributed by atoms with Crippen molar-refractivity contribution in [1.29, 1.82) is 0 Å². The molecule has 0 amide bonds. The van der Waals surface area contributed by atoms with Gasteiger partial charge in [0.05, 0.1) is 24.7 Å². The van der Waals surface area contributed by atoms with Crippen LogP contribution in [0.25, 0.3) is 5.69 Å². The Morgan fingerprint density at radius 1 is 1.13 bits per heavy atom. The number of rotatable bonds is 8. The summed E-state index contributed by atoms with van der Waals surface area (Å²) in [6, 6.07) is 14.1. The molecular weight excluding hydrogens is 458 g/mol. The highest BCUT2D eigenvalue weighted by Gasteiger charge is 2.26. The van der Waals surface area contributed by atoms with E-state index in [1.54, 1.807) is 42.2 Å². The lowest BCUT2D eigenvalue weighted by molar-refractivity contribution is 0.0730. The van der Waals surface area contributed by atoms with Gasteiger partial charge in [0, 0.05) is 41.9 Å². The van der Waals surface area contributed by atoms with Gasteiger partial charge in [-0.2, -0.15) is 4.31 Å². The molecular formula is C21H22ClN3O4S2. The van der Waals surface area contributed by atoms with Crippen LogP contribution in [-0.2, 0) is 14.8 Å². The fourth-order valence-electron chi connectivity index (χ4n) is 3.16. The first kappa shape index (κ1) is 22.2. The van der Waals surface area contributed by atoms with E-state index in [1.165, 1.54) is 4.31 Å². The van der Waals surface area contributed by atoms with Crippen molar-refractivity contribution in [1.82, 2.24) is 13.9 Å². The molecule has 2 aromatic carbocycles. The van der Waals surface area contributed by atoms with Crippen LogP contribution in [0.5, 0.6) is 5.75 Å². The molecule has 7 nitrogen and oxygen atoms in total. The number of thioether (sulfide) groups is 1. The second-order valence-corrected chi connectivity index (χ2v) is 10.2. The number of ether oxygens (including phenoxy) is 2. The molecule has 0 atom stereocenters. The monoisotopic (exact) mass is 479 g/mol. The second-order valence-electron chi connectivity index (χ2n) is 6.74. The summed E-state index contributed by atoms with van der Waals surface area (Å²) in [5.74, 6) is 1.31. The van der Waals surface area contributed by atoms with E-state index in [4.69, 9.17) is 21.1 Å². The van der Waals surface area contributed by atoms with Crippen LogP contribution in [0, 0.1) is 0 Å². The molecule has 0 bridgehead atoms. The highest BCUT2D eigenvalue weighted by atomic mass is 35.5. The molecule has 3 aromatic rings. The molecule has 1 aliphatic rings. The topological polar surface area (TPSA) is 73.7 Å². The third kappa shape index (κ3) is 5.42. The van der Waals surface area contributed by atoms with E-state index in [0.717, 1.165) is 10.8 Å². The summed E-state index contributed by atoms with van der Waals surface area (Å²) >= 11 is 7.65. The summed E-state index contributed by atoms with van der Waals surface area (Å²) in [4.78, 5) is 4.66. The maximum absolute atomic E-state index is 12.7. The van der Waals surface area contributed by atoms with Crippen molar-refractivity contribution < 1.29 is 17.9 Å². The van der Waals surface area contributed by atoms with Gasteiger partial charge in [0.2, 0.25) is 10.0 Å². The lowest BCUT2D eigenvalue weighted by Crippen LogP contribution is -2.40. The average Bonchev–Trinajstić information content (AvgIpc) is 3.26. The van der Waals surface area contributed by atoms with Gasteiger partial charge in [0.25, 0.3) is 0 Å². The van der Waals surface area contributed by atoms with Crippen LogP contribution >= 0.6 is 23.4 Å². The van der Waals surface area contributed by atoms with Crippen LogP contribution in [0.2, 0.25) is 5.02 Å². The molecule has 4 rings (SSSR count). The van der Waals surface area contributed by atoms with E-state index in [9.17, 15) is 8.42 Å². The molecule has 1 saturated heterocycles. The first-order chi connectivity index (χ1) is 15.0. The SMILES string of the molecule is O=S(=O)(c1ccc(OCCSc2nccn2-c2cccc(Cl)c2)cc1)N1CCOCC1.